The Kier molecular flexibility index (Phi) is 18.3. The quantitative estimate of drug-likeness (QED) is 0.0459. The molecule has 2 heterocycles. The van der Waals surface area contributed by atoms with Crippen LogP contribution in [0, 0.1) is 0 Å². The summed E-state index contributed by atoms with van der Waals surface area (Å²) in [5.41, 5.74) is 0.957. The largest absolute Gasteiger partial charge is 0.459 e. The topological polar surface area (TPSA) is 215 Å². The smallest absolute Gasteiger partial charge is 0.338 e. The third-order valence-electron chi connectivity index (χ3n) is 13.2. The third kappa shape index (κ3) is 13.2. The van der Waals surface area contributed by atoms with Crippen molar-refractivity contribution in [3.05, 3.63) is 251 Å². The number of hydrogen-bond donors (Lipinski definition) is 1. The van der Waals surface area contributed by atoms with Crippen molar-refractivity contribution in [3.63, 3.8) is 0 Å². The maximum atomic E-state index is 14.4. The highest BCUT2D eigenvalue weighted by Crippen LogP contribution is 2.42. The number of rotatable bonds is 19. The summed E-state index contributed by atoms with van der Waals surface area (Å²) in [6.07, 6.45) is -18.0. The monoisotopic (exact) mass is 1080 g/mol. The highest BCUT2D eigenvalue weighted by molar-refractivity contribution is 5.91. The predicted octanol–water partition coefficient (Wildman–Crippen LogP) is 8.22. The Balaban J connectivity index is 1.17. The zero-order valence-electron chi connectivity index (χ0n) is 43.4. The van der Waals surface area contributed by atoms with Gasteiger partial charge in [0.15, 0.2) is 43.1 Å². The molecule has 17 nitrogen and oxygen atoms in total. The first-order valence-corrected chi connectivity index (χ1v) is 25.7. The predicted molar refractivity (Wildman–Crippen MR) is 284 cm³/mol. The van der Waals surface area contributed by atoms with E-state index in [9.17, 15) is 33.9 Å². The van der Waals surface area contributed by atoms with Crippen LogP contribution in [0.3, 0.4) is 0 Å². The van der Waals surface area contributed by atoms with Crippen LogP contribution in [-0.2, 0) is 62.6 Å². The molecule has 7 aromatic carbocycles. The summed E-state index contributed by atoms with van der Waals surface area (Å²) in [5.74, 6) is -5.55. The Morgan fingerprint density at radius 2 is 0.725 bits per heavy atom. The van der Waals surface area contributed by atoms with Gasteiger partial charge in [-0.25, -0.2) is 19.2 Å². The van der Waals surface area contributed by atoms with Gasteiger partial charge in [-0.05, 0) is 65.2 Å². The second-order valence-electron chi connectivity index (χ2n) is 18.6. The molecule has 2 aliphatic rings. The minimum absolute atomic E-state index is 0.0177. The van der Waals surface area contributed by atoms with Crippen LogP contribution in [0.2, 0.25) is 0 Å². The van der Waals surface area contributed by atoms with E-state index in [-0.39, 0.29) is 22.3 Å². The molecule has 0 bridgehead atoms. The van der Waals surface area contributed by atoms with Gasteiger partial charge in [-0.15, -0.1) is 0 Å². The van der Waals surface area contributed by atoms with Gasteiger partial charge in [0, 0.05) is 13.8 Å². The summed E-state index contributed by atoms with van der Waals surface area (Å²) >= 11 is 0. The molecule has 17 heteroatoms. The average molecular weight is 1090 g/mol. The van der Waals surface area contributed by atoms with E-state index in [0.29, 0.717) is 16.7 Å². The maximum Gasteiger partial charge on any atom is 0.338 e. The Morgan fingerprint density at radius 3 is 1.14 bits per heavy atom. The van der Waals surface area contributed by atoms with Gasteiger partial charge in [-0.3, -0.25) is 9.59 Å². The van der Waals surface area contributed by atoms with Crippen molar-refractivity contribution in [1.29, 1.82) is 0 Å². The molecule has 2 saturated heterocycles. The van der Waals surface area contributed by atoms with E-state index in [4.69, 9.17) is 47.4 Å². The average Bonchev–Trinajstić information content (AvgIpc) is 3.60. The lowest BCUT2D eigenvalue weighted by molar-refractivity contribution is -0.356. The second-order valence-corrected chi connectivity index (χ2v) is 18.6. The zero-order valence-corrected chi connectivity index (χ0v) is 43.4. The van der Waals surface area contributed by atoms with Gasteiger partial charge in [0.05, 0.1) is 28.9 Å². The van der Waals surface area contributed by atoms with Crippen molar-refractivity contribution in [2.24, 2.45) is 0 Å². The van der Waals surface area contributed by atoms with Gasteiger partial charge in [-0.2, -0.15) is 0 Å². The van der Waals surface area contributed by atoms with Gasteiger partial charge in [-0.1, -0.05) is 164 Å². The van der Waals surface area contributed by atoms with Gasteiger partial charge < -0.3 is 52.5 Å². The molecule has 0 aromatic heterocycles. The van der Waals surface area contributed by atoms with Crippen LogP contribution in [0.4, 0.5) is 0 Å². The van der Waals surface area contributed by atoms with Crippen LogP contribution >= 0.6 is 0 Å². The lowest BCUT2D eigenvalue weighted by Gasteiger charge is -2.48. The summed E-state index contributed by atoms with van der Waals surface area (Å²) in [4.78, 5) is 83.3. The lowest BCUT2D eigenvalue weighted by Crippen LogP contribution is -2.67. The van der Waals surface area contributed by atoms with Crippen molar-refractivity contribution in [3.8, 4) is 0 Å². The van der Waals surface area contributed by atoms with Gasteiger partial charge in [0.25, 0.3) is 0 Å². The fourth-order valence-electron chi connectivity index (χ4n) is 9.60. The van der Waals surface area contributed by atoms with Crippen LogP contribution in [0.15, 0.2) is 212 Å². The number of carbonyl (C=O) groups is 6. The first-order valence-electron chi connectivity index (χ1n) is 25.7. The molecular weight excluding hydrogens is 1030 g/mol. The van der Waals surface area contributed by atoms with Gasteiger partial charge >= 0.3 is 35.8 Å². The number of carbonyl (C=O) groups excluding carboxylic acids is 6. The first-order chi connectivity index (χ1) is 38.9. The Hall–Kier alpha value is -8.84. The number of benzene rings is 7. The van der Waals surface area contributed by atoms with E-state index < -0.39 is 116 Å². The number of aliphatic hydroxyl groups excluding tert-OH is 1. The molecule has 0 saturated carbocycles. The number of aliphatic hydroxyl groups is 1. The lowest BCUT2D eigenvalue weighted by atomic mass is 9.80. The van der Waals surface area contributed by atoms with Crippen LogP contribution in [0.5, 0.6) is 0 Å². The molecule has 0 amide bonds. The van der Waals surface area contributed by atoms with E-state index in [0.717, 1.165) is 13.8 Å². The fraction of sp³-hybridized carbons (Fsp3) is 0.238. The van der Waals surface area contributed by atoms with Crippen molar-refractivity contribution in [2.75, 3.05) is 13.2 Å². The standard InChI is InChI=1S/C63H56O17/c1-40(64)73-51-50(39-72-63(46-32-18-7-19-33-46,47-34-20-8-21-35-47)48-36-22-9-23-37-48)75-61(70)55(74-41(2)65)53(51)80-62-56(79-60(69)45-30-16-6-17-31-45)54(78-59(68)44-28-14-5-15-29-44)52(77-58(67)43-26-12-4-13-27-43)49(76-62)38-71-57(66)42-24-10-3-11-25-42/h3-37,49-56,61-62,70H,38-39H2,1-2H3/t49-,50-,51-,52-,53+,54+,55+,56+,61+,62-/m1/s1. The third-order valence-corrected chi connectivity index (χ3v) is 13.2. The van der Waals surface area contributed by atoms with E-state index in [1.165, 1.54) is 48.5 Å². The molecule has 7 aromatic rings. The summed E-state index contributed by atoms with van der Waals surface area (Å²) in [6, 6.07) is 59.3. The molecule has 0 spiro atoms. The molecule has 0 unspecified atom stereocenters. The fourth-order valence-corrected chi connectivity index (χ4v) is 9.60. The zero-order chi connectivity index (χ0) is 56.0. The molecule has 1 N–H and O–H groups in total. The van der Waals surface area contributed by atoms with E-state index in [1.54, 1.807) is 72.8 Å². The summed E-state index contributed by atoms with van der Waals surface area (Å²) in [5, 5.41) is 12.0. The molecule has 9 rings (SSSR count). The highest BCUT2D eigenvalue weighted by atomic mass is 16.8. The van der Waals surface area contributed by atoms with Crippen molar-refractivity contribution >= 4 is 35.8 Å². The van der Waals surface area contributed by atoms with Gasteiger partial charge in [0.2, 0.25) is 0 Å². The molecule has 80 heavy (non-hydrogen) atoms. The molecule has 0 aliphatic carbocycles. The maximum absolute atomic E-state index is 14.4. The van der Waals surface area contributed by atoms with Gasteiger partial charge in [0.1, 0.15) is 30.5 Å². The summed E-state index contributed by atoms with van der Waals surface area (Å²) < 4.78 is 63.2. The van der Waals surface area contributed by atoms with Crippen LogP contribution in [-0.4, -0.2) is 116 Å². The van der Waals surface area contributed by atoms with Crippen LogP contribution in [0.1, 0.15) is 72.0 Å². The highest BCUT2D eigenvalue weighted by Gasteiger charge is 2.58. The normalized spacial score (nSPS) is 22.6. The Labute approximate surface area is 460 Å². The molecule has 2 fully saturated rings. The molecule has 410 valence electrons. The molecular formula is C63H56O17. The van der Waals surface area contributed by atoms with Crippen molar-refractivity contribution in [1.82, 2.24) is 0 Å². The summed E-state index contributed by atoms with van der Waals surface area (Å²) in [6.45, 7) is 1.02. The Morgan fingerprint density at radius 1 is 0.388 bits per heavy atom. The summed E-state index contributed by atoms with van der Waals surface area (Å²) in [7, 11) is 0. The number of ether oxygens (including phenoxy) is 10. The Bertz CT molecular complexity index is 3070. The van der Waals surface area contributed by atoms with E-state index in [2.05, 4.69) is 0 Å². The van der Waals surface area contributed by atoms with Crippen LogP contribution < -0.4 is 0 Å². The minimum Gasteiger partial charge on any atom is -0.459 e. The first kappa shape index (κ1) is 55.9. The molecule has 0 radical (unpaired) electrons. The van der Waals surface area contributed by atoms with Crippen LogP contribution in [0.25, 0.3) is 0 Å². The van der Waals surface area contributed by atoms with E-state index >= 15 is 0 Å². The number of hydrogen-bond acceptors (Lipinski definition) is 17. The minimum atomic E-state index is -2.04. The molecule has 10 atom stereocenters. The van der Waals surface area contributed by atoms with Crippen molar-refractivity contribution in [2.45, 2.75) is 80.9 Å². The van der Waals surface area contributed by atoms with E-state index in [1.807, 2.05) is 91.0 Å². The second kappa shape index (κ2) is 26.2. The SMILES string of the molecule is CC(=O)O[C@H]1[C@@H](O[C@H]2O[C@H](COC(=O)c3ccccc3)[C@@H](OC(=O)c3ccccc3)[C@H](OC(=O)c3ccccc3)[C@@H]2OC(=O)c2ccccc2)[C@H](OC(C)=O)[C@@H](COC(c2ccccc2)(c2ccccc2)c2ccccc2)O[C@@H]1O. The molecule has 2 aliphatic heterocycles. The number of esters is 6. The van der Waals surface area contributed by atoms with Crippen molar-refractivity contribution < 1.29 is 81.2 Å².